The van der Waals surface area contributed by atoms with E-state index in [4.69, 9.17) is 30.5 Å². The molecule has 5 atom stereocenters. The SMILES string of the molecule is CC(=O)C[C@@H]1C(OC(C)=O)C(OC(C)=O)[C@@H](COC(C)=O)O[C@H]1c1ccc(Cl)c(Cc2ccc(C3(O)CCC3)cc2)c1. The molecule has 42 heavy (non-hydrogen) atoms. The van der Waals surface area contributed by atoms with E-state index in [2.05, 4.69) is 0 Å². The average Bonchev–Trinajstić information content (AvgIpc) is 2.89. The van der Waals surface area contributed by atoms with Gasteiger partial charge in [0.15, 0.2) is 6.10 Å². The molecule has 2 aromatic rings. The molecule has 0 spiro atoms. The molecule has 10 heteroatoms. The first kappa shape index (κ1) is 31.7. The van der Waals surface area contributed by atoms with Crippen LogP contribution >= 0.6 is 11.6 Å². The van der Waals surface area contributed by atoms with E-state index in [0.717, 1.165) is 36.0 Å². The van der Waals surface area contributed by atoms with Gasteiger partial charge in [-0.1, -0.05) is 48.0 Å². The molecule has 4 rings (SSSR count). The van der Waals surface area contributed by atoms with E-state index >= 15 is 0 Å². The average molecular weight is 601 g/mol. The minimum atomic E-state index is -1.11. The molecule has 1 N–H and O–H groups in total. The molecule has 2 fully saturated rings. The third kappa shape index (κ3) is 7.56. The second-order valence-corrected chi connectivity index (χ2v) is 11.6. The van der Waals surface area contributed by atoms with Crippen LogP contribution in [-0.4, -0.2) is 53.7 Å². The molecule has 0 bridgehead atoms. The number of benzene rings is 2. The van der Waals surface area contributed by atoms with Gasteiger partial charge in [-0.3, -0.25) is 14.4 Å². The number of ketones is 1. The Morgan fingerprint density at radius 2 is 1.57 bits per heavy atom. The lowest BCUT2D eigenvalue weighted by atomic mass is 9.75. The summed E-state index contributed by atoms with van der Waals surface area (Å²) < 4.78 is 22.8. The van der Waals surface area contributed by atoms with Gasteiger partial charge >= 0.3 is 17.9 Å². The largest absolute Gasteiger partial charge is 0.463 e. The van der Waals surface area contributed by atoms with Crippen LogP contribution in [0.15, 0.2) is 42.5 Å². The van der Waals surface area contributed by atoms with Crippen molar-refractivity contribution in [3.8, 4) is 0 Å². The minimum absolute atomic E-state index is 0.0248. The first-order valence-corrected chi connectivity index (χ1v) is 14.5. The highest BCUT2D eigenvalue weighted by Gasteiger charge is 2.50. The smallest absolute Gasteiger partial charge is 0.303 e. The number of aliphatic hydroxyl groups is 1. The quantitative estimate of drug-likeness (QED) is 0.303. The first-order chi connectivity index (χ1) is 19.9. The van der Waals surface area contributed by atoms with Gasteiger partial charge in [-0.25, -0.2) is 0 Å². The van der Waals surface area contributed by atoms with Gasteiger partial charge in [0.05, 0.1) is 11.7 Å². The van der Waals surface area contributed by atoms with Crippen molar-refractivity contribution in [2.75, 3.05) is 6.61 Å². The molecule has 2 unspecified atom stereocenters. The molecule has 0 radical (unpaired) electrons. The van der Waals surface area contributed by atoms with Gasteiger partial charge in [0.25, 0.3) is 0 Å². The molecule has 1 heterocycles. The van der Waals surface area contributed by atoms with E-state index in [9.17, 15) is 24.3 Å². The van der Waals surface area contributed by atoms with Crippen molar-refractivity contribution in [2.24, 2.45) is 5.92 Å². The van der Waals surface area contributed by atoms with Gasteiger partial charge in [-0.05, 0) is 60.9 Å². The molecule has 1 saturated heterocycles. The zero-order valence-electron chi connectivity index (χ0n) is 24.3. The molecule has 2 aromatic carbocycles. The van der Waals surface area contributed by atoms with Crippen molar-refractivity contribution < 1.29 is 43.2 Å². The normalized spacial score (nSPS) is 24.7. The van der Waals surface area contributed by atoms with Crippen LogP contribution in [-0.2, 0) is 50.1 Å². The topological polar surface area (TPSA) is 125 Å². The highest BCUT2D eigenvalue weighted by Crippen LogP contribution is 2.43. The maximum atomic E-state index is 12.4. The highest BCUT2D eigenvalue weighted by atomic mass is 35.5. The van der Waals surface area contributed by atoms with Crippen molar-refractivity contribution in [1.82, 2.24) is 0 Å². The third-order valence-electron chi connectivity index (χ3n) is 7.87. The molecular formula is C32H37ClO9. The van der Waals surface area contributed by atoms with Gasteiger partial charge in [0, 0.05) is 38.1 Å². The molecule has 0 amide bonds. The molecule has 2 aliphatic rings. The predicted octanol–water partition coefficient (Wildman–Crippen LogP) is 4.76. The summed E-state index contributed by atoms with van der Waals surface area (Å²) in [7, 11) is 0. The summed E-state index contributed by atoms with van der Waals surface area (Å²) in [4.78, 5) is 48.3. The zero-order valence-corrected chi connectivity index (χ0v) is 25.0. The summed E-state index contributed by atoms with van der Waals surface area (Å²) in [6, 6.07) is 13.2. The van der Waals surface area contributed by atoms with Gasteiger partial charge < -0.3 is 28.8 Å². The van der Waals surface area contributed by atoms with Crippen molar-refractivity contribution in [2.45, 2.75) is 89.8 Å². The number of carbonyl (C=O) groups is 4. The van der Waals surface area contributed by atoms with Gasteiger partial charge in [-0.15, -0.1) is 0 Å². The lowest BCUT2D eigenvalue weighted by molar-refractivity contribution is -0.235. The Hall–Kier alpha value is -3.27. The van der Waals surface area contributed by atoms with Crippen LogP contribution in [0.3, 0.4) is 0 Å². The van der Waals surface area contributed by atoms with Crippen molar-refractivity contribution in [1.29, 1.82) is 0 Å². The van der Waals surface area contributed by atoms with Gasteiger partial charge in [-0.2, -0.15) is 0 Å². The Balaban J connectivity index is 1.69. The molecule has 0 aromatic heterocycles. The van der Waals surface area contributed by atoms with Crippen molar-refractivity contribution >= 4 is 35.3 Å². The standard InChI is InChI=1S/C32H37ClO9/c1-18(34)14-26-29(42-28(17-39-19(2)35)31(41-21(4)37)30(26)40-20(3)36)23-8-11-27(33)24(16-23)15-22-6-9-25(10-7-22)32(38)12-5-13-32/h6-11,16,26,28-31,38H,5,12-15,17H2,1-4H3/t26-,28+,29-,30?,31?/m0/s1. The van der Waals surface area contributed by atoms with Crippen LogP contribution in [0.2, 0.25) is 5.02 Å². The number of halogens is 1. The number of carbonyl (C=O) groups excluding carboxylic acids is 4. The molecule has 1 saturated carbocycles. The van der Waals surface area contributed by atoms with E-state index in [1.165, 1.54) is 27.7 Å². The summed E-state index contributed by atoms with van der Waals surface area (Å²) in [6.07, 6.45) is -0.908. The maximum absolute atomic E-state index is 12.4. The molecule has 226 valence electrons. The lowest BCUT2D eigenvalue weighted by Crippen LogP contribution is -2.56. The van der Waals surface area contributed by atoms with E-state index in [0.29, 0.717) is 17.0 Å². The predicted molar refractivity (Wildman–Crippen MR) is 153 cm³/mol. The van der Waals surface area contributed by atoms with Crippen LogP contribution < -0.4 is 0 Å². The molecule has 1 aliphatic heterocycles. The van der Waals surface area contributed by atoms with Crippen LogP contribution in [0.4, 0.5) is 0 Å². The fourth-order valence-electron chi connectivity index (χ4n) is 5.75. The summed E-state index contributed by atoms with van der Waals surface area (Å²) in [5.41, 5.74) is 2.62. The van der Waals surface area contributed by atoms with E-state index in [-0.39, 0.29) is 18.8 Å². The summed E-state index contributed by atoms with van der Waals surface area (Å²) >= 11 is 6.61. The van der Waals surface area contributed by atoms with Crippen molar-refractivity contribution in [3.63, 3.8) is 0 Å². The summed E-state index contributed by atoms with van der Waals surface area (Å²) in [6.45, 7) is 4.85. The number of hydrogen-bond donors (Lipinski definition) is 1. The van der Waals surface area contributed by atoms with Crippen LogP contribution in [0, 0.1) is 5.92 Å². The Morgan fingerprint density at radius 1 is 0.929 bits per heavy atom. The van der Waals surface area contributed by atoms with Gasteiger partial charge in [0.1, 0.15) is 24.6 Å². The minimum Gasteiger partial charge on any atom is -0.463 e. The number of ether oxygens (including phenoxy) is 4. The Bertz CT molecular complexity index is 1320. The van der Waals surface area contributed by atoms with Crippen LogP contribution in [0.25, 0.3) is 0 Å². The van der Waals surface area contributed by atoms with E-state index in [1.54, 1.807) is 12.1 Å². The van der Waals surface area contributed by atoms with E-state index in [1.807, 2.05) is 30.3 Å². The van der Waals surface area contributed by atoms with Crippen LogP contribution in [0.1, 0.15) is 81.7 Å². The number of rotatable bonds is 10. The molecule has 1 aliphatic carbocycles. The Labute approximate surface area is 250 Å². The fourth-order valence-corrected chi connectivity index (χ4v) is 5.93. The molecule has 9 nitrogen and oxygen atoms in total. The zero-order chi connectivity index (χ0) is 30.6. The maximum Gasteiger partial charge on any atom is 0.303 e. The van der Waals surface area contributed by atoms with Crippen LogP contribution in [0.5, 0.6) is 0 Å². The number of hydrogen-bond acceptors (Lipinski definition) is 9. The van der Waals surface area contributed by atoms with Gasteiger partial charge in [0.2, 0.25) is 0 Å². The third-order valence-corrected chi connectivity index (χ3v) is 8.23. The Morgan fingerprint density at radius 3 is 2.12 bits per heavy atom. The van der Waals surface area contributed by atoms with E-state index < -0.39 is 53.8 Å². The molecular weight excluding hydrogens is 564 g/mol. The summed E-state index contributed by atoms with van der Waals surface area (Å²) in [5, 5.41) is 11.2. The van der Waals surface area contributed by atoms with Crippen molar-refractivity contribution in [3.05, 3.63) is 69.7 Å². The highest BCUT2D eigenvalue weighted by molar-refractivity contribution is 6.31. The summed E-state index contributed by atoms with van der Waals surface area (Å²) in [5.74, 6) is -2.70. The first-order valence-electron chi connectivity index (χ1n) is 14.1. The second kappa shape index (κ2) is 13.4. The lowest BCUT2D eigenvalue weighted by Gasteiger charge is -2.45. The Kier molecular flexibility index (Phi) is 10.1. The second-order valence-electron chi connectivity index (χ2n) is 11.2. The fraction of sp³-hybridized carbons (Fsp3) is 0.500. The number of Topliss-reactive ketones (excluding diaryl/α,β-unsaturated/α-hetero) is 1. The number of esters is 3. The monoisotopic (exact) mass is 600 g/mol.